The average molecular weight is 355 g/mol. The Bertz CT molecular complexity index is 561. The van der Waals surface area contributed by atoms with Crippen LogP contribution in [-0.4, -0.2) is 45.3 Å². The molecular formula is C18H27F2N3O2. The minimum atomic E-state index is -2.42. The monoisotopic (exact) mass is 355 g/mol. The van der Waals surface area contributed by atoms with E-state index in [1.54, 1.807) is 0 Å². The van der Waals surface area contributed by atoms with Crippen LogP contribution >= 0.6 is 0 Å². The molecule has 140 valence electrons. The zero-order valence-corrected chi connectivity index (χ0v) is 14.9. The summed E-state index contributed by atoms with van der Waals surface area (Å²) in [6, 6.07) is 5.95. The molecule has 0 aliphatic carbocycles. The molecule has 25 heavy (non-hydrogen) atoms. The van der Waals surface area contributed by atoms with Crippen LogP contribution in [0.25, 0.3) is 0 Å². The molecule has 1 aliphatic rings. The van der Waals surface area contributed by atoms with Crippen molar-refractivity contribution in [2.45, 2.75) is 33.2 Å². The number of ether oxygens (including phenoxy) is 2. The molecule has 0 saturated carbocycles. The molecule has 1 aromatic carbocycles. The van der Waals surface area contributed by atoms with Gasteiger partial charge in [0.2, 0.25) is 0 Å². The van der Waals surface area contributed by atoms with Crippen LogP contribution in [0, 0.1) is 12.8 Å². The van der Waals surface area contributed by atoms with E-state index in [4.69, 9.17) is 9.47 Å². The Morgan fingerprint density at radius 1 is 1.40 bits per heavy atom. The molecule has 0 bridgehead atoms. The third-order valence-electron chi connectivity index (χ3n) is 3.90. The van der Waals surface area contributed by atoms with Gasteiger partial charge < -0.3 is 20.1 Å². The third kappa shape index (κ3) is 6.86. The van der Waals surface area contributed by atoms with Crippen LogP contribution in [0.1, 0.15) is 24.5 Å². The fraction of sp³-hybridized carbons (Fsp3) is 0.611. The first-order valence-corrected chi connectivity index (χ1v) is 8.69. The highest BCUT2D eigenvalue weighted by Gasteiger charge is 2.17. The normalized spacial score (nSPS) is 17.8. The SMILES string of the molecule is CCNC(=NCc1ccc(C)cc1OCC1CCOC1)NCC(F)F. The van der Waals surface area contributed by atoms with Crippen molar-refractivity contribution in [3.8, 4) is 5.75 Å². The highest BCUT2D eigenvalue weighted by atomic mass is 19.3. The number of hydrogen-bond donors (Lipinski definition) is 2. The Hall–Kier alpha value is -1.89. The van der Waals surface area contributed by atoms with E-state index in [1.807, 2.05) is 32.0 Å². The Morgan fingerprint density at radius 3 is 2.92 bits per heavy atom. The van der Waals surface area contributed by atoms with Crippen LogP contribution in [0.5, 0.6) is 5.75 Å². The smallest absolute Gasteiger partial charge is 0.255 e. The maximum absolute atomic E-state index is 12.4. The van der Waals surface area contributed by atoms with E-state index in [2.05, 4.69) is 15.6 Å². The van der Waals surface area contributed by atoms with Crippen molar-refractivity contribution >= 4 is 5.96 Å². The van der Waals surface area contributed by atoms with Crippen molar-refractivity contribution in [1.82, 2.24) is 10.6 Å². The lowest BCUT2D eigenvalue weighted by Crippen LogP contribution is -2.39. The number of alkyl halides is 2. The Labute approximate surface area is 147 Å². The average Bonchev–Trinajstić information content (AvgIpc) is 3.10. The van der Waals surface area contributed by atoms with Crippen LogP contribution in [0.3, 0.4) is 0 Å². The summed E-state index contributed by atoms with van der Waals surface area (Å²) in [6.45, 7) is 6.58. The minimum Gasteiger partial charge on any atom is -0.493 e. The molecule has 2 N–H and O–H groups in total. The molecule has 1 heterocycles. The minimum absolute atomic E-state index is 0.356. The molecular weight excluding hydrogens is 328 g/mol. The van der Waals surface area contributed by atoms with Crippen molar-refractivity contribution < 1.29 is 18.3 Å². The predicted octanol–water partition coefficient (Wildman–Crippen LogP) is 2.73. The summed E-state index contributed by atoms with van der Waals surface area (Å²) >= 11 is 0. The number of aliphatic imine (C=N–C) groups is 1. The van der Waals surface area contributed by atoms with Gasteiger partial charge in [0.1, 0.15) is 5.75 Å². The molecule has 5 nitrogen and oxygen atoms in total. The summed E-state index contributed by atoms with van der Waals surface area (Å²) in [5.41, 5.74) is 2.03. The topological polar surface area (TPSA) is 54.9 Å². The van der Waals surface area contributed by atoms with Gasteiger partial charge in [-0.1, -0.05) is 12.1 Å². The first kappa shape index (κ1) is 19.4. The standard InChI is InChI=1S/C18H27F2N3O2/c1-3-21-18(23-10-17(19)20)22-9-15-5-4-13(2)8-16(15)25-12-14-6-7-24-11-14/h4-5,8,14,17H,3,6-7,9-12H2,1-2H3,(H2,21,22,23). The molecule has 0 spiro atoms. The van der Waals surface area contributed by atoms with Crippen LogP contribution in [0.4, 0.5) is 8.78 Å². The van der Waals surface area contributed by atoms with Gasteiger partial charge in [0.05, 0.1) is 26.3 Å². The van der Waals surface area contributed by atoms with E-state index < -0.39 is 13.0 Å². The highest BCUT2D eigenvalue weighted by molar-refractivity contribution is 5.79. The first-order valence-electron chi connectivity index (χ1n) is 8.69. The molecule has 7 heteroatoms. The second kappa shape index (κ2) is 10.2. The van der Waals surface area contributed by atoms with Crippen molar-refractivity contribution in [2.24, 2.45) is 10.9 Å². The lowest BCUT2D eigenvalue weighted by Gasteiger charge is -2.15. The van der Waals surface area contributed by atoms with Gasteiger partial charge in [-0.3, -0.25) is 0 Å². The Kier molecular flexibility index (Phi) is 7.91. The van der Waals surface area contributed by atoms with Gasteiger partial charge in [-0.15, -0.1) is 0 Å². The predicted molar refractivity (Wildman–Crippen MR) is 94.4 cm³/mol. The third-order valence-corrected chi connectivity index (χ3v) is 3.90. The van der Waals surface area contributed by atoms with Crippen molar-refractivity contribution in [3.05, 3.63) is 29.3 Å². The highest BCUT2D eigenvalue weighted by Crippen LogP contribution is 2.23. The van der Waals surface area contributed by atoms with E-state index in [0.717, 1.165) is 36.5 Å². The maximum Gasteiger partial charge on any atom is 0.255 e. The Morgan fingerprint density at radius 2 is 2.24 bits per heavy atom. The van der Waals surface area contributed by atoms with Crippen LogP contribution in [-0.2, 0) is 11.3 Å². The number of nitrogens with zero attached hydrogens (tertiary/aromatic N) is 1. The molecule has 1 fully saturated rings. The zero-order chi connectivity index (χ0) is 18.1. The summed E-state index contributed by atoms with van der Waals surface area (Å²) in [6.07, 6.45) is -1.41. The maximum atomic E-state index is 12.4. The number of nitrogens with one attached hydrogen (secondary N) is 2. The molecule has 1 aromatic rings. The van der Waals surface area contributed by atoms with E-state index >= 15 is 0 Å². The van der Waals surface area contributed by atoms with Crippen LogP contribution in [0.15, 0.2) is 23.2 Å². The van der Waals surface area contributed by atoms with E-state index in [0.29, 0.717) is 31.6 Å². The Balaban J connectivity index is 2.01. The lowest BCUT2D eigenvalue weighted by molar-refractivity contribution is 0.152. The molecule has 1 atom stereocenters. The van der Waals surface area contributed by atoms with E-state index in [9.17, 15) is 8.78 Å². The number of hydrogen-bond acceptors (Lipinski definition) is 3. The fourth-order valence-electron chi connectivity index (χ4n) is 2.53. The second-order valence-corrected chi connectivity index (χ2v) is 6.12. The number of guanidine groups is 1. The summed E-state index contributed by atoms with van der Waals surface area (Å²) in [4.78, 5) is 4.38. The summed E-state index contributed by atoms with van der Waals surface area (Å²) < 4.78 is 36.1. The van der Waals surface area contributed by atoms with Crippen LogP contribution < -0.4 is 15.4 Å². The van der Waals surface area contributed by atoms with Crippen molar-refractivity contribution in [2.75, 3.05) is 32.9 Å². The molecule has 0 aromatic heterocycles. The molecule has 2 rings (SSSR count). The van der Waals surface area contributed by atoms with Crippen molar-refractivity contribution in [3.63, 3.8) is 0 Å². The number of aryl methyl sites for hydroxylation is 1. The van der Waals surface area contributed by atoms with Gasteiger partial charge in [-0.05, 0) is 31.9 Å². The van der Waals surface area contributed by atoms with Gasteiger partial charge in [-0.25, -0.2) is 13.8 Å². The first-order chi connectivity index (χ1) is 12.1. The quantitative estimate of drug-likeness (QED) is 0.556. The number of halogens is 2. The second-order valence-electron chi connectivity index (χ2n) is 6.12. The molecule has 1 unspecified atom stereocenters. The lowest BCUT2D eigenvalue weighted by atomic mass is 10.1. The number of benzene rings is 1. The summed E-state index contributed by atoms with van der Waals surface area (Å²) in [5, 5.41) is 5.59. The van der Waals surface area contributed by atoms with Gasteiger partial charge in [0, 0.05) is 24.6 Å². The van der Waals surface area contributed by atoms with Gasteiger partial charge >= 0.3 is 0 Å². The van der Waals surface area contributed by atoms with Gasteiger partial charge in [-0.2, -0.15) is 0 Å². The van der Waals surface area contributed by atoms with E-state index in [-0.39, 0.29) is 0 Å². The van der Waals surface area contributed by atoms with Gasteiger partial charge in [0.25, 0.3) is 6.43 Å². The van der Waals surface area contributed by atoms with Gasteiger partial charge in [0.15, 0.2) is 5.96 Å². The fourth-order valence-corrected chi connectivity index (χ4v) is 2.53. The molecule has 1 saturated heterocycles. The van der Waals surface area contributed by atoms with E-state index in [1.165, 1.54) is 0 Å². The number of rotatable bonds is 8. The molecule has 0 radical (unpaired) electrons. The van der Waals surface area contributed by atoms with Crippen molar-refractivity contribution in [1.29, 1.82) is 0 Å². The molecule has 0 amide bonds. The summed E-state index contributed by atoms with van der Waals surface area (Å²) in [7, 11) is 0. The van der Waals surface area contributed by atoms with Crippen LogP contribution in [0.2, 0.25) is 0 Å². The zero-order valence-electron chi connectivity index (χ0n) is 14.9. The molecule has 1 aliphatic heterocycles. The summed E-state index contributed by atoms with van der Waals surface area (Å²) in [5.74, 6) is 1.58. The largest absolute Gasteiger partial charge is 0.493 e.